The molecule has 2 amide bonds. The van der Waals surface area contributed by atoms with Crippen molar-refractivity contribution < 1.29 is 14.7 Å². The van der Waals surface area contributed by atoms with Crippen molar-refractivity contribution in [3.8, 4) is 0 Å². The molecule has 3 aliphatic carbocycles. The van der Waals surface area contributed by atoms with Crippen molar-refractivity contribution in [2.45, 2.75) is 58.4 Å². The highest BCUT2D eigenvalue weighted by molar-refractivity contribution is 5.89. The molecule has 1 aliphatic heterocycles. The third-order valence-corrected chi connectivity index (χ3v) is 8.38. The van der Waals surface area contributed by atoms with Gasteiger partial charge in [-0.3, -0.25) is 4.79 Å². The van der Waals surface area contributed by atoms with Crippen LogP contribution in [0.15, 0.2) is 12.2 Å². The van der Waals surface area contributed by atoms with Crippen LogP contribution >= 0.6 is 0 Å². The summed E-state index contributed by atoms with van der Waals surface area (Å²) in [6.45, 7) is 5.34. The Labute approximate surface area is 149 Å². The second kappa shape index (κ2) is 5.75. The molecule has 4 rings (SSSR count). The average molecular weight is 346 g/mol. The fraction of sp³-hybridized carbons (Fsp3) is 0.800. The molecular weight excluding hydrogens is 316 g/mol. The largest absolute Gasteiger partial charge is 0.465 e. The van der Waals surface area contributed by atoms with Crippen molar-refractivity contribution in [2.75, 3.05) is 6.54 Å². The summed E-state index contributed by atoms with van der Waals surface area (Å²) in [7, 11) is 0. The maximum Gasteiger partial charge on any atom is 0.404 e. The fourth-order valence-electron chi connectivity index (χ4n) is 6.99. The summed E-state index contributed by atoms with van der Waals surface area (Å²) >= 11 is 0. The Kier molecular flexibility index (Phi) is 3.89. The van der Waals surface area contributed by atoms with Crippen LogP contribution in [-0.4, -0.2) is 29.7 Å². The van der Waals surface area contributed by atoms with E-state index < -0.39 is 6.09 Å². The fourth-order valence-corrected chi connectivity index (χ4v) is 6.99. The van der Waals surface area contributed by atoms with Crippen molar-refractivity contribution in [2.24, 2.45) is 34.5 Å². The molecule has 0 aromatic carbocycles. The van der Waals surface area contributed by atoms with E-state index in [1.54, 1.807) is 6.08 Å². The molecular formula is C20H30N2O3. The Balaban J connectivity index is 1.57. The van der Waals surface area contributed by atoms with Gasteiger partial charge in [0.25, 0.3) is 0 Å². The Morgan fingerprint density at radius 1 is 1.24 bits per heavy atom. The molecule has 0 radical (unpaired) electrons. The minimum absolute atomic E-state index is 0.0576. The standard InChI is InChI=1S/C20H30N2O3/c1-19-9-7-15-13(14(19)5-3-12(19)11-21-18(24)25)4-6-16-20(15,2)10-8-17(23)22-16/h8,10,12-16,21H,3-7,9,11H2,1-2H3,(H,22,23)(H,24,25)/t12-,13?,14?,15?,16?,19-,20-/m1/s1. The normalized spacial score (nSPS) is 48.1. The predicted molar refractivity (Wildman–Crippen MR) is 95.0 cm³/mol. The molecule has 0 saturated heterocycles. The van der Waals surface area contributed by atoms with E-state index in [1.807, 2.05) is 0 Å². The van der Waals surface area contributed by atoms with Gasteiger partial charge < -0.3 is 15.7 Å². The summed E-state index contributed by atoms with van der Waals surface area (Å²) in [5.41, 5.74) is 0.337. The topological polar surface area (TPSA) is 78.4 Å². The first-order valence-electron chi connectivity index (χ1n) is 9.81. The molecule has 0 spiro atoms. The number of hydrogen-bond acceptors (Lipinski definition) is 2. The van der Waals surface area contributed by atoms with Crippen LogP contribution in [-0.2, 0) is 4.79 Å². The number of fused-ring (bicyclic) bond motifs is 5. The lowest BCUT2D eigenvalue weighted by Crippen LogP contribution is -2.59. The Hall–Kier alpha value is -1.52. The molecule has 1 heterocycles. The zero-order valence-corrected chi connectivity index (χ0v) is 15.3. The van der Waals surface area contributed by atoms with Crippen molar-refractivity contribution in [3.63, 3.8) is 0 Å². The first-order valence-corrected chi connectivity index (χ1v) is 9.81. The van der Waals surface area contributed by atoms with Gasteiger partial charge in [-0.1, -0.05) is 19.9 Å². The second-order valence-electron chi connectivity index (χ2n) is 9.22. The van der Waals surface area contributed by atoms with Gasteiger partial charge in [-0.05, 0) is 73.7 Å². The smallest absolute Gasteiger partial charge is 0.404 e. The van der Waals surface area contributed by atoms with Crippen LogP contribution in [0.4, 0.5) is 4.79 Å². The van der Waals surface area contributed by atoms with E-state index in [4.69, 9.17) is 5.11 Å². The maximum absolute atomic E-state index is 11.8. The van der Waals surface area contributed by atoms with E-state index in [-0.39, 0.29) is 22.8 Å². The lowest BCUT2D eigenvalue weighted by atomic mass is 9.48. The zero-order valence-electron chi connectivity index (χ0n) is 15.3. The van der Waals surface area contributed by atoms with E-state index >= 15 is 0 Å². The molecule has 3 fully saturated rings. The van der Waals surface area contributed by atoms with Crippen molar-refractivity contribution in [3.05, 3.63) is 12.2 Å². The van der Waals surface area contributed by atoms with Crippen LogP contribution in [0.5, 0.6) is 0 Å². The molecule has 5 nitrogen and oxygen atoms in total. The minimum atomic E-state index is -0.906. The van der Waals surface area contributed by atoms with Gasteiger partial charge in [-0.2, -0.15) is 0 Å². The van der Waals surface area contributed by atoms with E-state index in [0.717, 1.165) is 12.8 Å². The van der Waals surface area contributed by atoms with Crippen LogP contribution in [0.2, 0.25) is 0 Å². The first-order chi connectivity index (χ1) is 11.8. The Morgan fingerprint density at radius 3 is 2.80 bits per heavy atom. The van der Waals surface area contributed by atoms with Gasteiger partial charge in [0.1, 0.15) is 0 Å². The van der Waals surface area contributed by atoms with Crippen LogP contribution in [0.25, 0.3) is 0 Å². The maximum atomic E-state index is 11.8. The molecule has 0 aromatic heterocycles. The molecule has 138 valence electrons. The molecule has 3 N–H and O–H groups in total. The summed E-state index contributed by atoms with van der Waals surface area (Å²) in [6.07, 6.45) is 10.0. The summed E-state index contributed by atoms with van der Waals surface area (Å²) in [4.78, 5) is 22.7. The Morgan fingerprint density at radius 2 is 2.04 bits per heavy atom. The minimum Gasteiger partial charge on any atom is -0.465 e. The van der Waals surface area contributed by atoms with Gasteiger partial charge in [-0.25, -0.2) is 4.79 Å². The van der Waals surface area contributed by atoms with Crippen LogP contribution in [0.3, 0.4) is 0 Å². The number of carbonyl (C=O) groups is 2. The first kappa shape index (κ1) is 16.9. The summed E-state index contributed by atoms with van der Waals surface area (Å²) < 4.78 is 0. The van der Waals surface area contributed by atoms with E-state index in [0.29, 0.717) is 30.2 Å². The number of carbonyl (C=O) groups excluding carboxylic acids is 1. The van der Waals surface area contributed by atoms with Crippen LogP contribution < -0.4 is 10.6 Å². The van der Waals surface area contributed by atoms with Gasteiger partial charge in [0.15, 0.2) is 0 Å². The molecule has 3 saturated carbocycles. The predicted octanol–water partition coefficient (Wildman–Crippen LogP) is 3.17. The third kappa shape index (κ3) is 2.49. The van der Waals surface area contributed by atoms with Crippen LogP contribution in [0.1, 0.15) is 52.4 Å². The molecule has 5 heteroatoms. The quantitative estimate of drug-likeness (QED) is 0.718. The molecule has 25 heavy (non-hydrogen) atoms. The third-order valence-electron chi connectivity index (χ3n) is 8.38. The molecule has 4 aliphatic rings. The highest BCUT2D eigenvalue weighted by atomic mass is 16.4. The molecule has 4 unspecified atom stereocenters. The van der Waals surface area contributed by atoms with E-state index in [9.17, 15) is 9.59 Å². The highest BCUT2D eigenvalue weighted by Crippen LogP contribution is 2.64. The lowest BCUT2D eigenvalue weighted by molar-refractivity contribution is -0.122. The summed E-state index contributed by atoms with van der Waals surface area (Å²) in [6, 6.07) is 0.279. The number of amides is 2. The second-order valence-corrected chi connectivity index (χ2v) is 9.22. The van der Waals surface area contributed by atoms with Gasteiger partial charge in [0, 0.05) is 18.0 Å². The molecule has 0 bridgehead atoms. The summed E-state index contributed by atoms with van der Waals surface area (Å²) in [5, 5.41) is 14.8. The molecule has 0 aromatic rings. The van der Waals surface area contributed by atoms with E-state index in [1.165, 1.54) is 25.7 Å². The average Bonchev–Trinajstić information content (AvgIpc) is 2.90. The number of carboxylic acid groups (broad SMARTS) is 1. The monoisotopic (exact) mass is 346 g/mol. The van der Waals surface area contributed by atoms with Crippen molar-refractivity contribution in [1.29, 1.82) is 0 Å². The van der Waals surface area contributed by atoms with Crippen LogP contribution in [0, 0.1) is 34.5 Å². The highest BCUT2D eigenvalue weighted by Gasteiger charge is 2.59. The molecule has 7 atom stereocenters. The number of nitrogens with one attached hydrogen (secondary N) is 2. The van der Waals surface area contributed by atoms with E-state index in [2.05, 4.69) is 30.6 Å². The van der Waals surface area contributed by atoms with Gasteiger partial charge >= 0.3 is 6.09 Å². The van der Waals surface area contributed by atoms with Gasteiger partial charge in [-0.15, -0.1) is 0 Å². The SMILES string of the molecule is C[C@]12C=CC(=O)NC1CCC1C2CC[C@@]2(C)C1CC[C@@H]2CNC(=O)O. The number of rotatable bonds is 2. The van der Waals surface area contributed by atoms with Gasteiger partial charge in [0.05, 0.1) is 0 Å². The van der Waals surface area contributed by atoms with Crippen molar-refractivity contribution >= 4 is 12.0 Å². The number of hydrogen-bond donors (Lipinski definition) is 3. The summed E-state index contributed by atoms with van der Waals surface area (Å²) in [5.74, 6) is 2.54. The van der Waals surface area contributed by atoms with Crippen molar-refractivity contribution in [1.82, 2.24) is 10.6 Å². The Bertz CT molecular complexity index is 618. The van der Waals surface area contributed by atoms with Gasteiger partial charge in [0.2, 0.25) is 5.91 Å². The lowest BCUT2D eigenvalue weighted by Gasteiger charge is -2.59. The zero-order chi connectivity index (χ0) is 17.8.